The number of benzene rings is 2. The van der Waals surface area contributed by atoms with Crippen LogP contribution in [0.25, 0.3) is 0 Å². The second-order valence-electron chi connectivity index (χ2n) is 7.53. The molecule has 232 valence electrons. The van der Waals surface area contributed by atoms with Crippen molar-refractivity contribution < 1.29 is 74.8 Å². The summed E-state index contributed by atoms with van der Waals surface area (Å²) in [5.74, 6) is -22.3. The van der Waals surface area contributed by atoms with Crippen LogP contribution < -0.4 is 10.4 Å². The van der Waals surface area contributed by atoms with Gasteiger partial charge in [-0.25, -0.2) is 48.3 Å². The van der Waals surface area contributed by atoms with Gasteiger partial charge in [0.2, 0.25) is 17.1 Å². The van der Waals surface area contributed by atoms with Crippen molar-refractivity contribution in [1.82, 2.24) is 0 Å². The molecule has 1 atom stereocenters. The normalized spacial score (nSPS) is 13.0. The van der Waals surface area contributed by atoms with E-state index in [9.17, 15) is 57.1 Å². The van der Waals surface area contributed by atoms with Crippen LogP contribution in [0.2, 0.25) is 6.55 Å². The minimum atomic E-state index is -5.45. The average Bonchev–Trinajstić information content (AvgIpc) is 2.93. The van der Waals surface area contributed by atoms with E-state index >= 15 is 0 Å². The highest BCUT2D eigenvalue weighted by molar-refractivity contribution is 6.87. The van der Waals surface area contributed by atoms with Crippen molar-refractivity contribution in [2.75, 3.05) is 26.9 Å². The molecule has 2 aromatic rings. The van der Waals surface area contributed by atoms with Crippen LogP contribution in [-0.2, 0) is 17.7 Å². The van der Waals surface area contributed by atoms with E-state index in [-0.39, 0.29) is 6.61 Å². The largest absolute Gasteiger partial charge is 0.449 e. The third kappa shape index (κ3) is 6.96. The van der Waals surface area contributed by atoms with E-state index in [2.05, 4.69) is 8.85 Å². The van der Waals surface area contributed by atoms with Crippen LogP contribution in [0.5, 0.6) is 0 Å². The van der Waals surface area contributed by atoms with E-state index < -0.39 is 110 Å². The molecule has 2 rings (SSSR count). The topological polar surface area (TPSA) is 36.9 Å². The Morgan fingerprint density at radius 1 is 0.512 bits per heavy atom. The van der Waals surface area contributed by atoms with Gasteiger partial charge in [0.1, 0.15) is 0 Å². The minimum Gasteiger partial charge on any atom is -0.394 e. The van der Waals surface area contributed by atoms with Crippen LogP contribution >= 0.6 is 0 Å². The molecule has 0 saturated carbocycles. The Morgan fingerprint density at radius 3 is 1.07 bits per heavy atom. The van der Waals surface area contributed by atoms with Crippen LogP contribution in [0.1, 0.15) is 20.8 Å². The van der Waals surface area contributed by atoms with Crippen LogP contribution in [-0.4, -0.2) is 44.1 Å². The zero-order valence-electron chi connectivity index (χ0n) is 21.7. The third-order valence-corrected chi connectivity index (χ3v) is 11.4. The molecule has 0 radical (unpaired) electrons. The first kappa shape index (κ1) is 36.6. The molecule has 0 fully saturated rings. The fourth-order valence-corrected chi connectivity index (χ4v) is 8.10. The predicted molar refractivity (Wildman–Crippen MR) is 121 cm³/mol. The van der Waals surface area contributed by atoms with Crippen molar-refractivity contribution in [3.63, 3.8) is 0 Å². The lowest BCUT2D eigenvalue weighted by Gasteiger charge is -2.28. The molecule has 0 aliphatic heterocycles. The quantitative estimate of drug-likeness (QED) is 0.135. The van der Waals surface area contributed by atoms with Crippen molar-refractivity contribution in [3.8, 4) is 0 Å². The highest BCUT2D eigenvalue weighted by atomic mass is 28.4. The smallest absolute Gasteiger partial charge is 0.394 e. The molecule has 41 heavy (non-hydrogen) atoms. The SMILES string of the molecule is CCO[Si](C)(OC)c1c(F)c(F)c(F)c(F)c1F.CCO[Si](OCC)(C(F)=C(F)F)c1c(F)c(F)c(F)c(F)c1F. The van der Waals surface area contributed by atoms with Gasteiger partial charge < -0.3 is 17.7 Å². The van der Waals surface area contributed by atoms with Crippen LogP contribution in [0.15, 0.2) is 11.5 Å². The van der Waals surface area contributed by atoms with Crippen molar-refractivity contribution in [3.05, 3.63) is 69.7 Å². The second kappa shape index (κ2) is 14.6. The molecule has 0 aliphatic carbocycles. The maximum atomic E-state index is 13.9. The first-order valence-electron chi connectivity index (χ1n) is 11.2. The van der Waals surface area contributed by atoms with E-state index in [4.69, 9.17) is 8.85 Å². The highest BCUT2D eigenvalue weighted by Crippen LogP contribution is 2.29. The molecular formula is C22H21F13O4Si2. The molecule has 19 heteroatoms. The van der Waals surface area contributed by atoms with Crippen molar-refractivity contribution in [1.29, 1.82) is 0 Å². The van der Waals surface area contributed by atoms with Gasteiger partial charge in [0.15, 0.2) is 46.5 Å². The van der Waals surface area contributed by atoms with Gasteiger partial charge in [0.25, 0.3) is 0 Å². The molecule has 0 aromatic heterocycles. The van der Waals surface area contributed by atoms with Gasteiger partial charge >= 0.3 is 23.2 Å². The Labute approximate surface area is 226 Å². The zero-order valence-corrected chi connectivity index (χ0v) is 23.7. The summed E-state index contributed by atoms with van der Waals surface area (Å²) >= 11 is 0. The summed E-state index contributed by atoms with van der Waals surface area (Å²) in [5, 5.41) is -2.87. The molecule has 0 heterocycles. The summed E-state index contributed by atoms with van der Waals surface area (Å²) in [6.45, 7) is 3.90. The van der Waals surface area contributed by atoms with Gasteiger partial charge in [0, 0.05) is 26.9 Å². The van der Waals surface area contributed by atoms with E-state index in [1.165, 1.54) is 13.5 Å². The maximum Gasteiger partial charge on any atom is 0.449 e. The molecule has 4 nitrogen and oxygen atoms in total. The zero-order chi connectivity index (χ0) is 32.0. The van der Waals surface area contributed by atoms with Crippen LogP contribution in [0.4, 0.5) is 57.1 Å². The molecular weight excluding hydrogens is 631 g/mol. The molecule has 0 amide bonds. The summed E-state index contributed by atoms with van der Waals surface area (Å²) in [5.41, 5.74) is -2.48. The second-order valence-corrected chi connectivity index (χ2v) is 13.4. The molecule has 0 aliphatic rings. The van der Waals surface area contributed by atoms with Gasteiger partial charge in [-0.15, -0.1) is 0 Å². The number of hydrogen-bond acceptors (Lipinski definition) is 4. The minimum absolute atomic E-state index is 0.0239. The Hall–Kier alpha value is -2.46. The van der Waals surface area contributed by atoms with Gasteiger partial charge in [-0.1, -0.05) is 0 Å². The number of halogens is 13. The van der Waals surface area contributed by atoms with Crippen molar-refractivity contribution in [2.24, 2.45) is 0 Å². The van der Waals surface area contributed by atoms with E-state index in [1.54, 1.807) is 0 Å². The molecule has 1 unspecified atom stereocenters. The first-order valence-corrected chi connectivity index (χ1v) is 15.3. The Bertz CT molecular complexity index is 1230. The van der Waals surface area contributed by atoms with Crippen molar-refractivity contribution >= 4 is 27.5 Å². The Balaban J connectivity index is 0.000000422. The lowest BCUT2D eigenvalue weighted by molar-refractivity contribution is 0.189. The summed E-state index contributed by atoms with van der Waals surface area (Å²) in [6, 6.07) is 0. The first-order chi connectivity index (χ1) is 18.9. The fourth-order valence-electron chi connectivity index (χ4n) is 3.36. The van der Waals surface area contributed by atoms with Gasteiger partial charge in [-0.3, -0.25) is 0 Å². The molecule has 0 N–H and O–H groups in total. The van der Waals surface area contributed by atoms with Crippen LogP contribution in [0, 0.1) is 58.2 Å². The Kier molecular flexibility index (Phi) is 13.0. The van der Waals surface area contributed by atoms with E-state index in [1.807, 2.05) is 0 Å². The van der Waals surface area contributed by atoms with Gasteiger partial charge in [-0.05, 0) is 27.3 Å². The van der Waals surface area contributed by atoms with Gasteiger partial charge in [-0.2, -0.15) is 8.78 Å². The molecule has 0 spiro atoms. The van der Waals surface area contributed by atoms with E-state index in [0.717, 1.165) is 21.0 Å². The summed E-state index contributed by atoms with van der Waals surface area (Å²) < 4.78 is 192. The fraction of sp³-hybridized carbons (Fsp3) is 0.364. The molecule has 0 saturated heterocycles. The number of hydrogen-bond donors (Lipinski definition) is 0. The lowest BCUT2D eigenvalue weighted by Crippen LogP contribution is -2.59. The third-order valence-electron chi connectivity index (χ3n) is 5.16. The predicted octanol–water partition coefficient (Wildman–Crippen LogP) is 6.07. The van der Waals surface area contributed by atoms with E-state index in [0.29, 0.717) is 0 Å². The number of rotatable bonds is 10. The lowest BCUT2D eigenvalue weighted by atomic mass is 10.3. The Morgan fingerprint density at radius 2 is 0.805 bits per heavy atom. The highest BCUT2D eigenvalue weighted by Gasteiger charge is 2.54. The standard InChI is InChI=1S/C12H10F8O2Si.C10H11F5O2Si/c1-3-21-23(22-4-2,12(20)11(18)19)10-8(16)6(14)5(13)7(15)9(10)17;1-4-17-18(3,16-2)10-8(14)6(12)5(11)7(13)9(10)15/h3-4H2,1-2H3;4H2,1-3H3. The summed E-state index contributed by atoms with van der Waals surface area (Å²) in [7, 11) is -8.02. The molecule has 2 aromatic carbocycles. The average molecular weight is 653 g/mol. The monoisotopic (exact) mass is 652 g/mol. The molecule has 0 bridgehead atoms. The van der Waals surface area contributed by atoms with Crippen LogP contribution in [0.3, 0.4) is 0 Å². The maximum absolute atomic E-state index is 13.9. The summed E-state index contributed by atoms with van der Waals surface area (Å²) in [4.78, 5) is 0. The summed E-state index contributed by atoms with van der Waals surface area (Å²) in [6.07, 6.45) is -3.04. The van der Waals surface area contributed by atoms with Gasteiger partial charge in [0.05, 0.1) is 10.4 Å². The van der Waals surface area contributed by atoms with Crippen molar-refractivity contribution in [2.45, 2.75) is 27.3 Å².